The molecule has 6 nitrogen and oxygen atoms in total. The van der Waals surface area contributed by atoms with Crippen molar-refractivity contribution in [3.05, 3.63) is 41.7 Å². The number of likely N-dealkylation sites (tertiary alicyclic amines) is 1. The van der Waals surface area contributed by atoms with Gasteiger partial charge in [-0.3, -0.25) is 4.90 Å². The van der Waals surface area contributed by atoms with E-state index in [0.717, 1.165) is 4.90 Å². The Hall–Kier alpha value is -2.82. The van der Waals surface area contributed by atoms with Crippen molar-refractivity contribution in [1.29, 1.82) is 0 Å². The van der Waals surface area contributed by atoms with Crippen LogP contribution in [0.3, 0.4) is 0 Å². The number of aromatic carboxylic acids is 1. The number of benzene rings is 1. The Labute approximate surface area is 181 Å². The quantitative estimate of drug-likeness (QED) is 0.617. The van der Waals surface area contributed by atoms with E-state index < -0.39 is 24.6 Å². The standard InChI is InChI=1S/C21H22F5N3O3/c1-13-8-15(2-3-16(13)19(30)31)17-9-28-18(10-27-17)32-11-14-4-6-29(7-5-14)12-20(22,23)21(24,25)26/h2-3,8-10,14H,4-7,11-12H2,1H3,(H,30,31). The van der Waals surface area contributed by atoms with Crippen molar-refractivity contribution in [3.63, 3.8) is 0 Å². The van der Waals surface area contributed by atoms with Crippen molar-refractivity contribution in [2.24, 2.45) is 5.92 Å². The molecule has 11 heteroatoms. The normalized spacial score (nSPS) is 16.2. The van der Waals surface area contributed by atoms with Crippen molar-refractivity contribution in [3.8, 4) is 17.1 Å². The molecule has 32 heavy (non-hydrogen) atoms. The van der Waals surface area contributed by atoms with Crippen molar-refractivity contribution >= 4 is 5.97 Å². The molecule has 1 aromatic carbocycles. The summed E-state index contributed by atoms with van der Waals surface area (Å²) in [7, 11) is 0. The molecule has 174 valence electrons. The number of piperidine rings is 1. The molecule has 0 unspecified atom stereocenters. The maximum Gasteiger partial charge on any atom is 0.454 e. The van der Waals surface area contributed by atoms with Crippen LogP contribution < -0.4 is 4.74 Å². The number of nitrogens with zero attached hydrogens (tertiary/aromatic N) is 3. The molecule has 1 aliphatic rings. The van der Waals surface area contributed by atoms with E-state index >= 15 is 0 Å². The first-order valence-corrected chi connectivity index (χ1v) is 9.92. The van der Waals surface area contributed by atoms with Gasteiger partial charge in [0, 0.05) is 5.56 Å². The van der Waals surface area contributed by atoms with Crippen LogP contribution in [0, 0.1) is 12.8 Å². The number of aromatic nitrogens is 2. The van der Waals surface area contributed by atoms with Gasteiger partial charge in [0.2, 0.25) is 5.88 Å². The maximum absolute atomic E-state index is 13.2. The minimum absolute atomic E-state index is 0.0125. The fourth-order valence-corrected chi connectivity index (χ4v) is 3.49. The topological polar surface area (TPSA) is 75.5 Å². The van der Waals surface area contributed by atoms with Crippen LogP contribution in [0.2, 0.25) is 0 Å². The summed E-state index contributed by atoms with van der Waals surface area (Å²) in [5.41, 5.74) is 2.04. The molecule has 1 aliphatic heterocycles. The fraction of sp³-hybridized carbons (Fsp3) is 0.476. The van der Waals surface area contributed by atoms with Gasteiger partial charge in [-0.25, -0.2) is 14.8 Å². The number of alkyl halides is 5. The van der Waals surface area contributed by atoms with Gasteiger partial charge in [0.15, 0.2) is 0 Å². The third kappa shape index (κ3) is 5.70. The van der Waals surface area contributed by atoms with Crippen molar-refractivity contribution in [2.75, 3.05) is 26.2 Å². The second kappa shape index (κ2) is 9.35. The minimum atomic E-state index is -5.55. The molecule has 0 aliphatic carbocycles. The van der Waals surface area contributed by atoms with Crippen molar-refractivity contribution < 1.29 is 36.6 Å². The van der Waals surface area contributed by atoms with Crippen LogP contribution >= 0.6 is 0 Å². The third-order valence-corrected chi connectivity index (χ3v) is 5.39. The number of aryl methyl sites for hydroxylation is 1. The predicted molar refractivity (Wildman–Crippen MR) is 105 cm³/mol. The third-order valence-electron chi connectivity index (χ3n) is 5.39. The molecule has 0 saturated carbocycles. The van der Waals surface area contributed by atoms with Crippen LogP contribution in [-0.2, 0) is 0 Å². The van der Waals surface area contributed by atoms with Crippen LogP contribution in [0.1, 0.15) is 28.8 Å². The van der Waals surface area contributed by atoms with E-state index in [0.29, 0.717) is 29.7 Å². The lowest BCUT2D eigenvalue weighted by Crippen LogP contribution is -2.49. The summed E-state index contributed by atoms with van der Waals surface area (Å²) in [6, 6.07) is 4.83. The lowest BCUT2D eigenvalue weighted by Gasteiger charge is -2.34. The number of carboxylic acid groups (broad SMARTS) is 1. The van der Waals surface area contributed by atoms with E-state index in [1.165, 1.54) is 18.5 Å². The first-order chi connectivity index (χ1) is 15.0. The van der Waals surface area contributed by atoms with Crippen LogP contribution in [0.4, 0.5) is 22.0 Å². The van der Waals surface area contributed by atoms with Gasteiger partial charge in [-0.05, 0) is 56.5 Å². The van der Waals surface area contributed by atoms with E-state index in [2.05, 4.69) is 9.97 Å². The molecule has 0 bridgehead atoms. The highest BCUT2D eigenvalue weighted by atomic mass is 19.4. The molecular weight excluding hydrogens is 437 g/mol. The summed E-state index contributed by atoms with van der Waals surface area (Å²) in [5.74, 6) is -5.46. The van der Waals surface area contributed by atoms with Crippen molar-refractivity contribution in [2.45, 2.75) is 31.9 Å². The molecule has 0 radical (unpaired) electrons. The van der Waals surface area contributed by atoms with Crippen LogP contribution in [-0.4, -0.2) is 64.3 Å². The SMILES string of the molecule is Cc1cc(-c2cnc(OCC3CCN(CC(F)(F)C(F)(F)F)CC3)cn2)ccc1C(=O)O. The smallest absolute Gasteiger partial charge is 0.454 e. The second-order valence-electron chi connectivity index (χ2n) is 7.81. The largest absolute Gasteiger partial charge is 0.478 e. The van der Waals surface area contributed by atoms with Gasteiger partial charge in [0.1, 0.15) is 0 Å². The Balaban J connectivity index is 1.49. The summed E-state index contributed by atoms with van der Waals surface area (Å²) in [5, 5.41) is 9.10. The Morgan fingerprint density at radius 3 is 2.38 bits per heavy atom. The van der Waals surface area contributed by atoms with E-state index in [1.54, 1.807) is 19.1 Å². The average molecular weight is 459 g/mol. The summed E-state index contributed by atoms with van der Waals surface area (Å²) < 4.78 is 69.0. The molecule has 2 aromatic rings. The van der Waals surface area contributed by atoms with Gasteiger partial charge in [-0.1, -0.05) is 6.07 Å². The zero-order valence-corrected chi connectivity index (χ0v) is 17.2. The lowest BCUT2D eigenvalue weighted by atomic mass is 9.97. The average Bonchev–Trinajstić information content (AvgIpc) is 2.72. The van der Waals surface area contributed by atoms with Gasteiger partial charge in [-0.2, -0.15) is 22.0 Å². The highest BCUT2D eigenvalue weighted by molar-refractivity contribution is 5.90. The first-order valence-electron chi connectivity index (χ1n) is 9.92. The highest BCUT2D eigenvalue weighted by Crippen LogP contribution is 2.36. The molecule has 1 aromatic heterocycles. The monoisotopic (exact) mass is 459 g/mol. The van der Waals surface area contributed by atoms with Gasteiger partial charge < -0.3 is 9.84 Å². The summed E-state index contributed by atoms with van der Waals surface area (Å²) in [6.07, 6.45) is -1.75. The molecular formula is C21H22F5N3O3. The molecule has 0 amide bonds. The summed E-state index contributed by atoms with van der Waals surface area (Å²) >= 11 is 0. The van der Waals surface area contributed by atoms with E-state index in [1.807, 2.05) is 0 Å². The highest BCUT2D eigenvalue weighted by Gasteiger charge is 2.58. The minimum Gasteiger partial charge on any atom is -0.478 e. The number of halogens is 5. The maximum atomic E-state index is 13.2. The van der Waals surface area contributed by atoms with E-state index in [4.69, 9.17) is 9.84 Å². The van der Waals surface area contributed by atoms with Crippen LogP contribution in [0.15, 0.2) is 30.6 Å². The number of rotatable bonds is 7. The van der Waals surface area contributed by atoms with Gasteiger partial charge in [-0.15, -0.1) is 0 Å². The van der Waals surface area contributed by atoms with Gasteiger partial charge in [0.25, 0.3) is 0 Å². The molecule has 2 heterocycles. The number of hydrogen-bond acceptors (Lipinski definition) is 5. The van der Waals surface area contributed by atoms with Crippen LogP contribution in [0.5, 0.6) is 5.88 Å². The Bertz CT molecular complexity index is 943. The summed E-state index contributed by atoms with van der Waals surface area (Å²) in [6.45, 7) is 0.882. The van der Waals surface area contributed by atoms with E-state index in [9.17, 15) is 26.7 Å². The molecule has 1 N–H and O–H groups in total. The van der Waals surface area contributed by atoms with E-state index in [-0.39, 0.29) is 37.1 Å². The molecule has 1 fully saturated rings. The molecule has 1 saturated heterocycles. The summed E-state index contributed by atoms with van der Waals surface area (Å²) in [4.78, 5) is 20.7. The van der Waals surface area contributed by atoms with Crippen molar-refractivity contribution in [1.82, 2.24) is 14.9 Å². The number of carbonyl (C=O) groups is 1. The Morgan fingerprint density at radius 2 is 1.84 bits per heavy atom. The first kappa shape index (κ1) is 23.8. The number of ether oxygens (including phenoxy) is 1. The zero-order valence-electron chi connectivity index (χ0n) is 17.2. The van der Waals surface area contributed by atoms with Gasteiger partial charge >= 0.3 is 18.1 Å². The second-order valence-corrected chi connectivity index (χ2v) is 7.81. The predicted octanol–water partition coefficient (Wildman–Crippen LogP) is 4.44. The zero-order chi connectivity index (χ0) is 23.5. The Morgan fingerprint density at radius 1 is 1.16 bits per heavy atom. The molecule has 3 rings (SSSR count). The molecule has 0 atom stereocenters. The Kier molecular flexibility index (Phi) is 6.97. The number of hydrogen-bond donors (Lipinski definition) is 1. The molecule has 0 spiro atoms. The van der Waals surface area contributed by atoms with Gasteiger partial charge in [0.05, 0.1) is 36.8 Å². The van der Waals surface area contributed by atoms with Crippen LogP contribution in [0.25, 0.3) is 11.3 Å². The fourth-order valence-electron chi connectivity index (χ4n) is 3.49. The number of carboxylic acids is 1. The lowest BCUT2D eigenvalue weighted by molar-refractivity contribution is -0.287.